The minimum atomic E-state index is -0.264. The second-order valence-electron chi connectivity index (χ2n) is 7.41. The third-order valence-electron chi connectivity index (χ3n) is 5.76. The average molecular weight is 367 g/mol. The van der Waals surface area contributed by atoms with Crippen LogP contribution in [0.5, 0.6) is 11.5 Å². The average Bonchev–Trinajstić information content (AvgIpc) is 3.24. The van der Waals surface area contributed by atoms with Gasteiger partial charge < -0.3 is 20.5 Å². The summed E-state index contributed by atoms with van der Waals surface area (Å²) < 4.78 is 11.4. The Labute approximate surface area is 155 Å². The molecule has 2 saturated carbocycles. The number of halogens is 1. The highest BCUT2D eigenvalue weighted by Crippen LogP contribution is 2.43. The molecule has 1 aromatic rings. The Kier molecular flexibility index (Phi) is 5.44. The number of rotatable bonds is 3. The third-order valence-corrected chi connectivity index (χ3v) is 5.76. The fourth-order valence-electron chi connectivity index (χ4n) is 4.40. The van der Waals surface area contributed by atoms with Gasteiger partial charge in [-0.05, 0) is 49.8 Å². The van der Waals surface area contributed by atoms with Crippen LogP contribution in [0.1, 0.15) is 50.5 Å². The Morgan fingerprint density at radius 3 is 2.52 bits per heavy atom. The molecule has 3 aliphatic rings. The first-order valence-corrected chi connectivity index (χ1v) is 9.14. The van der Waals surface area contributed by atoms with Crippen molar-refractivity contribution < 1.29 is 14.3 Å². The molecule has 1 aromatic carbocycles. The van der Waals surface area contributed by atoms with E-state index in [1.54, 1.807) is 0 Å². The van der Waals surface area contributed by atoms with E-state index >= 15 is 0 Å². The van der Waals surface area contributed by atoms with Gasteiger partial charge in [0.05, 0.1) is 5.54 Å². The summed E-state index contributed by atoms with van der Waals surface area (Å²) in [6.45, 7) is 1.17. The second-order valence-corrected chi connectivity index (χ2v) is 7.41. The van der Waals surface area contributed by atoms with Crippen LogP contribution < -0.4 is 20.5 Å². The van der Waals surface area contributed by atoms with Gasteiger partial charge in [-0.2, -0.15) is 0 Å². The highest BCUT2D eigenvalue weighted by Gasteiger charge is 2.40. The van der Waals surface area contributed by atoms with Gasteiger partial charge in [-0.25, -0.2) is 0 Å². The zero-order chi connectivity index (χ0) is 16.6. The van der Waals surface area contributed by atoms with Crippen molar-refractivity contribution in [3.63, 3.8) is 0 Å². The van der Waals surface area contributed by atoms with Gasteiger partial charge in [0.15, 0.2) is 11.5 Å². The fourth-order valence-corrected chi connectivity index (χ4v) is 4.40. The minimum Gasteiger partial charge on any atom is -0.486 e. The Morgan fingerprint density at radius 1 is 1.12 bits per heavy atom. The summed E-state index contributed by atoms with van der Waals surface area (Å²) in [7, 11) is 0. The summed E-state index contributed by atoms with van der Waals surface area (Å²) in [6.07, 6.45) is 6.91. The quantitative estimate of drug-likeness (QED) is 0.862. The van der Waals surface area contributed by atoms with E-state index in [1.165, 1.54) is 0 Å². The van der Waals surface area contributed by atoms with Crippen molar-refractivity contribution in [2.24, 2.45) is 11.7 Å². The van der Waals surface area contributed by atoms with Crippen LogP contribution in [-0.2, 0) is 10.3 Å². The van der Waals surface area contributed by atoms with Crippen LogP contribution in [0, 0.1) is 5.92 Å². The van der Waals surface area contributed by atoms with E-state index in [0.29, 0.717) is 13.2 Å². The zero-order valence-corrected chi connectivity index (χ0v) is 15.3. The molecule has 25 heavy (non-hydrogen) atoms. The predicted molar refractivity (Wildman–Crippen MR) is 98.3 cm³/mol. The number of nitrogens with one attached hydrogen (secondary N) is 1. The highest BCUT2D eigenvalue weighted by molar-refractivity contribution is 5.85. The Hall–Kier alpha value is -1.46. The molecule has 2 atom stereocenters. The molecule has 6 heteroatoms. The molecule has 2 unspecified atom stereocenters. The smallest absolute Gasteiger partial charge is 0.223 e. The monoisotopic (exact) mass is 366 g/mol. The van der Waals surface area contributed by atoms with Crippen molar-refractivity contribution in [2.45, 2.75) is 56.5 Å². The lowest BCUT2D eigenvalue weighted by atomic mass is 9.87. The number of hydrogen-bond acceptors (Lipinski definition) is 4. The number of ether oxygens (including phenoxy) is 2. The van der Waals surface area contributed by atoms with Gasteiger partial charge in [-0.1, -0.05) is 18.9 Å². The maximum Gasteiger partial charge on any atom is 0.223 e. The van der Waals surface area contributed by atoms with Crippen LogP contribution in [0.2, 0.25) is 0 Å². The lowest BCUT2D eigenvalue weighted by molar-refractivity contribution is -0.127. The van der Waals surface area contributed by atoms with Crippen molar-refractivity contribution in [3.8, 4) is 11.5 Å². The summed E-state index contributed by atoms with van der Waals surface area (Å²) in [5.74, 6) is 1.82. The molecule has 0 radical (unpaired) electrons. The lowest BCUT2D eigenvalue weighted by Gasteiger charge is -2.33. The van der Waals surface area contributed by atoms with Crippen LogP contribution in [0.25, 0.3) is 0 Å². The summed E-state index contributed by atoms with van der Waals surface area (Å²) in [4.78, 5) is 12.8. The Morgan fingerprint density at radius 2 is 1.84 bits per heavy atom. The molecule has 4 rings (SSSR count). The Bertz CT molecular complexity index is 631. The van der Waals surface area contributed by atoms with E-state index in [9.17, 15) is 4.79 Å². The van der Waals surface area contributed by atoms with Crippen molar-refractivity contribution in [2.75, 3.05) is 13.2 Å². The normalized spacial score (nSPS) is 26.8. The van der Waals surface area contributed by atoms with Crippen LogP contribution >= 0.6 is 12.4 Å². The molecule has 5 nitrogen and oxygen atoms in total. The summed E-state index contributed by atoms with van der Waals surface area (Å²) in [5, 5.41) is 3.39. The van der Waals surface area contributed by atoms with Gasteiger partial charge in [-0.15, -0.1) is 12.4 Å². The highest BCUT2D eigenvalue weighted by atomic mass is 35.5. The van der Waals surface area contributed by atoms with E-state index in [4.69, 9.17) is 15.2 Å². The number of carbonyl (C=O) groups is 1. The number of fused-ring (bicyclic) bond motifs is 1. The molecule has 1 amide bonds. The van der Waals surface area contributed by atoms with E-state index < -0.39 is 0 Å². The van der Waals surface area contributed by atoms with Crippen molar-refractivity contribution >= 4 is 18.3 Å². The predicted octanol–water partition coefficient (Wildman–Crippen LogP) is 2.89. The van der Waals surface area contributed by atoms with Gasteiger partial charge in [-0.3, -0.25) is 4.79 Å². The van der Waals surface area contributed by atoms with Gasteiger partial charge in [0.1, 0.15) is 13.2 Å². The summed E-state index contributed by atoms with van der Waals surface area (Å²) >= 11 is 0. The molecule has 138 valence electrons. The number of benzene rings is 1. The molecule has 3 N–H and O–H groups in total. The third kappa shape index (κ3) is 3.58. The Balaban J connectivity index is 0.00000182. The van der Waals surface area contributed by atoms with Crippen LogP contribution in [0.4, 0.5) is 0 Å². The van der Waals surface area contributed by atoms with Gasteiger partial charge >= 0.3 is 0 Å². The number of hydrogen-bond donors (Lipinski definition) is 2. The van der Waals surface area contributed by atoms with E-state index in [0.717, 1.165) is 62.0 Å². The first kappa shape index (κ1) is 18.3. The van der Waals surface area contributed by atoms with Gasteiger partial charge in [0, 0.05) is 12.0 Å². The molecular weight excluding hydrogens is 340 g/mol. The van der Waals surface area contributed by atoms with Gasteiger partial charge in [0.2, 0.25) is 5.91 Å². The molecule has 0 aromatic heterocycles. The fraction of sp³-hybridized carbons (Fsp3) is 0.632. The molecular formula is C19H27ClN2O3. The first-order chi connectivity index (χ1) is 11.7. The summed E-state index contributed by atoms with van der Waals surface area (Å²) in [6, 6.07) is 6.29. The van der Waals surface area contributed by atoms with Crippen molar-refractivity contribution in [1.82, 2.24) is 5.32 Å². The molecule has 0 bridgehead atoms. The van der Waals surface area contributed by atoms with E-state index in [1.807, 2.05) is 6.07 Å². The van der Waals surface area contributed by atoms with Crippen LogP contribution in [-0.4, -0.2) is 25.2 Å². The topological polar surface area (TPSA) is 73.6 Å². The number of amides is 1. The minimum absolute atomic E-state index is 0. The van der Waals surface area contributed by atoms with E-state index in [2.05, 4.69) is 17.4 Å². The van der Waals surface area contributed by atoms with Gasteiger partial charge in [0.25, 0.3) is 0 Å². The lowest BCUT2D eigenvalue weighted by Crippen LogP contribution is -2.46. The molecule has 0 saturated heterocycles. The SMILES string of the molecule is Cl.NC1CCC(C(=O)NC2(c3ccc4c(c3)OCCO4)CCCC2)C1. The van der Waals surface area contributed by atoms with Crippen LogP contribution in [0.15, 0.2) is 18.2 Å². The molecule has 1 heterocycles. The maximum atomic E-state index is 12.8. The zero-order valence-electron chi connectivity index (χ0n) is 14.5. The number of nitrogens with two attached hydrogens (primary N) is 1. The van der Waals surface area contributed by atoms with Crippen LogP contribution in [0.3, 0.4) is 0 Å². The largest absolute Gasteiger partial charge is 0.486 e. The van der Waals surface area contributed by atoms with Crippen molar-refractivity contribution in [3.05, 3.63) is 23.8 Å². The van der Waals surface area contributed by atoms with E-state index in [-0.39, 0.29) is 35.8 Å². The summed E-state index contributed by atoms with van der Waals surface area (Å²) in [5.41, 5.74) is 6.86. The molecule has 0 spiro atoms. The number of carbonyl (C=O) groups excluding carboxylic acids is 1. The molecule has 2 fully saturated rings. The first-order valence-electron chi connectivity index (χ1n) is 9.14. The molecule has 2 aliphatic carbocycles. The van der Waals surface area contributed by atoms with Crippen molar-refractivity contribution in [1.29, 1.82) is 0 Å². The molecule has 1 aliphatic heterocycles. The maximum absolute atomic E-state index is 12.8. The standard InChI is InChI=1S/C19H26N2O3.ClH/c20-15-5-3-13(11-15)18(22)21-19(7-1-2-8-19)14-4-6-16-17(12-14)24-10-9-23-16;/h4,6,12-13,15H,1-3,5,7-11,20H2,(H,21,22);1H. The second kappa shape index (κ2) is 7.42.